The number of aryl methyl sites for hydroxylation is 1. The average Bonchev–Trinajstić information content (AvgIpc) is 3.64. The van der Waals surface area contributed by atoms with Crippen LogP contribution < -0.4 is 4.74 Å². The average molecular weight is 526 g/mol. The highest BCUT2D eigenvalue weighted by molar-refractivity contribution is 6.45. The molecule has 0 unspecified atom stereocenters. The predicted molar refractivity (Wildman–Crippen MR) is 143 cm³/mol. The molecule has 11 heteroatoms. The van der Waals surface area contributed by atoms with Gasteiger partial charge in [0.25, 0.3) is 17.6 Å². The van der Waals surface area contributed by atoms with Gasteiger partial charge in [-0.25, -0.2) is 16.2 Å². The standard InChI is InChI=1S/C28H27N7O4/c1-29-11-6-9-20-10-12-35(32-20)26-24-23(22(39-2)18-31-26)21(17-30-24)25(36)28(38)34-15-13-33(14-16-34)27(37)19-7-4-3-5-8-19/h3-5,7-8,10,12,17-18,30H,6,9,11,13-16H2,2H3. The number of aromatic amines is 1. The van der Waals surface area contributed by atoms with Crippen LogP contribution in [-0.4, -0.2) is 87.0 Å². The number of fused-ring (bicyclic) bond motifs is 1. The van der Waals surface area contributed by atoms with Gasteiger partial charge < -0.3 is 24.4 Å². The molecule has 1 fully saturated rings. The lowest BCUT2D eigenvalue weighted by atomic mass is 10.1. The zero-order valence-corrected chi connectivity index (χ0v) is 21.5. The summed E-state index contributed by atoms with van der Waals surface area (Å²) in [6.07, 6.45) is 6.14. The number of hydrogen-bond donors (Lipinski definition) is 1. The van der Waals surface area contributed by atoms with Crippen LogP contribution in [0, 0.1) is 6.57 Å². The number of methoxy groups -OCH3 is 1. The Kier molecular flexibility index (Phi) is 7.36. The van der Waals surface area contributed by atoms with E-state index in [9.17, 15) is 14.4 Å². The van der Waals surface area contributed by atoms with Gasteiger partial charge in [0, 0.05) is 50.6 Å². The Morgan fingerprint density at radius 3 is 2.54 bits per heavy atom. The Labute approximate surface area is 224 Å². The minimum absolute atomic E-state index is 0.0939. The SMILES string of the molecule is [C-]#[N+]CCCc1ccn(-c2ncc(OC)c3c(C(=O)C(=O)N4CCN(C(=O)c5ccccc5)CC4)c[nH]c23)n1. The molecular formula is C28H27N7O4. The van der Waals surface area contributed by atoms with Crippen LogP contribution in [0.25, 0.3) is 21.6 Å². The number of aromatic nitrogens is 4. The minimum Gasteiger partial charge on any atom is -0.494 e. The maximum absolute atomic E-state index is 13.4. The van der Waals surface area contributed by atoms with E-state index in [-0.39, 0.29) is 24.6 Å². The minimum atomic E-state index is -0.667. The van der Waals surface area contributed by atoms with Crippen molar-refractivity contribution >= 4 is 28.5 Å². The predicted octanol–water partition coefficient (Wildman–Crippen LogP) is 2.78. The molecule has 1 aliphatic rings. The maximum atomic E-state index is 13.4. The van der Waals surface area contributed by atoms with Crippen LogP contribution in [0.5, 0.6) is 5.75 Å². The molecule has 1 aliphatic heterocycles. The lowest BCUT2D eigenvalue weighted by Gasteiger charge is -2.34. The van der Waals surface area contributed by atoms with Gasteiger partial charge in [0.15, 0.2) is 5.82 Å². The molecule has 198 valence electrons. The van der Waals surface area contributed by atoms with E-state index < -0.39 is 11.7 Å². The number of H-pyrrole nitrogens is 1. The molecule has 5 rings (SSSR count). The van der Waals surface area contributed by atoms with Gasteiger partial charge in [0.1, 0.15) is 5.75 Å². The van der Waals surface area contributed by atoms with E-state index >= 15 is 0 Å². The lowest BCUT2D eigenvalue weighted by Crippen LogP contribution is -2.52. The fraction of sp³-hybridized carbons (Fsp3) is 0.286. The van der Waals surface area contributed by atoms with Gasteiger partial charge in [0.2, 0.25) is 6.54 Å². The molecule has 2 amide bonds. The highest BCUT2D eigenvalue weighted by Crippen LogP contribution is 2.32. The molecule has 11 nitrogen and oxygen atoms in total. The van der Waals surface area contributed by atoms with Crippen LogP contribution in [0.1, 0.15) is 32.8 Å². The number of ether oxygens (including phenoxy) is 1. The van der Waals surface area contributed by atoms with Gasteiger partial charge >= 0.3 is 0 Å². The van der Waals surface area contributed by atoms with Crippen molar-refractivity contribution in [1.82, 2.24) is 29.5 Å². The van der Waals surface area contributed by atoms with E-state index in [0.29, 0.717) is 60.5 Å². The van der Waals surface area contributed by atoms with Crippen molar-refractivity contribution in [2.75, 3.05) is 39.8 Å². The van der Waals surface area contributed by atoms with Crippen molar-refractivity contribution in [3.63, 3.8) is 0 Å². The summed E-state index contributed by atoms with van der Waals surface area (Å²) in [7, 11) is 1.48. The van der Waals surface area contributed by atoms with Crippen molar-refractivity contribution in [3.8, 4) is 11.6 Å². The topological polar surface area (TPSA) is 118 Å². The molecular weight excluding hydrogens is 498 g/mol. The zero-order valence-electron chi connectivity index (χ0n) is 21.5. The highest BCUT2D eigenvalue weighted by Gasteiger charge is 2.31. The number of carbonyl (C=O) groups is 3. The number of ketones is 1. The number of benzene rings is 1. The third kappa shape index (κ3) is 5.09. The molecule has 1 saturated heterocycles. The fourth-order valence-electron chi connectivity index (χ4n) is 4.70. The normalized spacial score (nSPS) is 13.3. The Balaban J connectivity index is 1.34. The first-order valence-electron chi connectivity index (χ1n) is 12.6. The number of nitrogens with zero attached hydrogens (tertiary/aromatic N) is 6. The first-order chi connectivity index (χ1) is 19.0. The number of rotatable bonds is 8. The monoisotopic (exact) mass is 525 g/mol. The van der Waals surface area contributed by atoms with Crippen LogP contribution in [-0.2, 0) is 11.2 Å². The summed E-state index contributed by atoms with van der Waals surface area (Å²) in [6, 6.07) is 10.9. The van der Waals surface area contributed by atoms with E-state index in [4.69, 9.17) is 11.3 Å². The Morgan fingerprint density at radius 2 is 1.82 bits per heavy atom. The summed E-state index contributed by atoms with van der Waals surface area (Å²) < 4.78 is 7.09. The van der Waals surface area contributed by atoms with Crippen LogP contribution in [0.3, 0.4) is 0 Å². The summed E-state index contributed by atoms with van der Waals surface area (Å²) in [4.78, 5) is 53.5. The molecule has 1 aromatic carbocycles. The van der Waals surface area contributed by atoms with Crippen molar-refractivity contribution < 1.29 is 19.1 Å². The Bertz CT molecular complexity index is 1560. The van der Waals surface area contributed by atoms with Gasteiger partial charge in [-0.1, -0.05) is 18.2 Å². The Hall–Kier alpha value is -4.98. The Morgan fingerprint density at radius 1 is 1.08 bits per heavy atom. The number of amides is 2. The number of hydrogen-bond acceptors (Lipinski definition) is 6. The maximum Gasteiger partial charge on any atom is 0.295 e. The molecule has 39 heavy (non-hydrogen) atoms. The molecule has 4 heterocycles. The highest BCUT2D eigenvalue weighted by atomic mass is 16.5. The second kappa shape index (κ2) is 11.2. The van der Waals surface area contributed by atoms with Gasteiger partial charge in [-0.2, -0.15) is 5.10 Å². The van der Waals surface area contributed by atoms with Gasteiger partial charge in [-0.3, -0.25) is 14.4 Å². The van der Waals surface area contributed by atoms with E-state index in [0.717, 1.165) is 5.69 Å². The smallest absolute Gasteiger partial charge is 0.295 e. The van der Waals surface area contributed by atoms with E-state index in [1.165, 1.54) is 24.4 Å². The first-order valence-corrected chi connectivity index (χ1v) is 12.6. The summed E-state index contributed by atoms with van der Waals surface area (Å²) in [5.41, 5.74) is 2.12. The van der Waals surface area contributed by atoms with Crippen molar-refractivity contribution in [2.24, 2.45) is 0 Å². The van der Waals surface area contributed by atoms with Crippen LogP contribution >= 0.6 is 0 Å². The summed E-state index contributed by atoms with van der Waals surface area (Å²) >= 11 is 0. The van der Waals surface area contributed by atoms with Crippen molar-refractivity contribution in [3.05, 3.63) is 83.2 Å². The molecule has 3 aromatic heterocycles. The first kappa shape index (κ1) is 25.7. The number of nitrogens with one attached hydrogen (secondary N) is 1. The molecule has 0 radical (unpaired) electrons. The quantitative estimate of drug-likeness (QED) is 0.164. The summed E-state index contributed by atoms with van der Waals surface area (Å²) in [5.74, 6) is -0.580. The molecule has 0 spiro atoms. The molecule has 0 atom stereocenters. The second-order valence-corrected chi connectivity index (χ2v) is 9.12. The van der Waals surface area contributed by atoms with Gasteiger partial charge in [0.05, 0.1) is 35.5 Å². The number of carbonyl (C=O) groups excluding carboxylic acids is 3. The van der Waals surface area contributed by atoms with Crippen molar-refractivity contribution in [1.29, 1.82) is 0 Å². The molecule has 1 N–H and O–H groups in total. The summed E-state index contributed by atoms with van der Waals surface area (Å²) in [5, 5.41) is 5.01. The van der Waals surface area contributed by atoms with Crippen LogP contribution in [0.2, 0.25) is 0 Å². The molecule has 0 bridgehead atoms. The third-order valence-corrected chi connectivity index (χ3v) is 6.75. The number of piperazine rings is 1. The second-order valence-electron chi connectivity index (χ2n) is 9.12. The van der Waals surface area contributed by atoms with E-state index in [1.807, 2.05) is 24.3 Å². The lowest BCUT2D eigenvalue weighted by molar-refractivity contribution is -0.127. The van der Waals surface area contributed by atoms with E-state index in [2.05, 4.69) is 19.9 Å². The number of Topliss-reactive ketones (excluding diaryl/α,β-unsaturated/α-hetero) is 1. The van der Waals surface area contributed by atoms with Crippen LogP contribution in [0.4, 0.5) is 0 Å². The third-order valence-electron chi connectivity index (χ3n) is 6.75. The molecule has 0 aliphatic carbocycles. The van der Waals surface area contributed by atoms with Gasteiger partial charge in [-0.05, 0) is 24.6 Å². The molecule has 0 saturated carbocycles. The zero-order chi connectivity index (χ0) is 27.4. The fourth-order valence-corrected chi connectivity index (χ4v) is 4.70. The van der Waals surface area contributed by atoms with Crippen molar-refractivity contribution in [2.45, 2.75) is 12.8 Å². The van der Waals surface area contributed by atoms with E-state index in [1.54, 1.807) is 27.9 Å². The molecule has 4 aromatic rings. The summed E-state index contributed by atoms with van der Waals surface area (Å²) in [6.45, 7) is 8.58. The number of pyridine rings is 1. The van der Waals surface area contributed by atoms with Crippen LogP contribution in [0.15, 0.2) is 55.0 Å². The van der Waals surface area contributed by atoms with Gasteiger partial charge in [-0.15, -0.1) is 0 Å². The largest absolute Gasteiger partial charge is 0.494 e.